The third-order valence-electron chi connectivity index (χ3n) is 3.19. The summed E-state index contributed by atoms with van der Waals surface area (Å²) in [6, 6.07) is 0.968. The number of nitrogens with zero attached hydrogens (tertiary/aromatic N) is 3. The van der Waals surface area contributed by atoms with E-state index in [4.69, 9.17) is 0 Å². The molecule has 0 aliphatic carbocycles. The number of nitrogens with one attached hydrogen (secondary N) is 1. The van der Waals surface area contributed by atoms with Crippen molar-refractivity contribution in [3.05, 3.63) is 11.6 Å². The molecule has 2 atom stereocenters. The lowest BCUT2D eigenvalue weighted by molar-refractivity contribution is 0.334. The summed E-state index contributed by atoms with van der Waals surface area (Å²) in [7, 11) is 0. The zero-order valence-corrected chi connectivity index (χ0v) is 10.5. The largest absolute Gasteiger partial charge is 0.305 e. The van der Waals surface area contributed by atoms with Gasteiger partial charge in [0.1, 0.15) is 11.6 Å². The lowest BCUT2D eigenvalue weighted by Crippen LogP contribution is -2.34. The summed E-state index contributed by atoms with van der Waals surface area (Å²) in [5, 5.41) is 8.09. The lowest BCUT2D eigenvalue weighted by atomic mass is 10.1. The molecule has 2 rings (SSSR count). The maximum absolute atomic E-state index is 4.54. The SMILES string of the molecule is CCCC(C)NC1CCCn2nc(C)nc21. The first kappa shape index (κ1) is 11.6. The van der Waals surface area contributed by atoms with Crippen LogP contribution in [-0.4, -0.2) is 20.8 Å². The Bertz CT molecular complexity index is 345. The Balaban J connectivity index is 2.06. The fraction of sp³-hybridized carbons (Fsp3) is 0.833. The molecule has 0 aromatic carbocycles. The molecule has 4 heteroatoms. The number of aryl methyl sites for hydroxylation is 2. The first-order valence-electron chi connectivity index (χ1n) is 6.38. The molecule has 16 heavy (non-hydrogen) atoms. The van der Waals surface area contributed by atoms with Crippen LogP contribution in [0, 0.1) is 6.92 Å². The molecule has 0 spiro atoms. The first-order chi connectivity index (χ1) is 7.70. The van der Waals surface area contributed by atoms with Crippen molar-refractivity contribution in [1.82, 2.24) is 20.1 Å². The van der Waals surface area contributed by atoms with Gasteiger partial charge in [-0.2, -0.15) is 5.10 Å². The van der Waals surface area contributed by atoms with Crippen LogP contribution in [0.3, 0.4) is 0 Å². The van der Waals surface area contributed by atoms with Gasteiger partial charge in [0.2, 0.25) is 0 Å². The zero-order chi connectivity index (χ0) is 11.5. The maximum atomic E-state index is 4.54. The molecular formula is C12H22N4. The van der Waals surface area contributed by atoms with Gasteiger partial charge in [-0.25, -0.2) is 9.67 Å². The minimum atomic E-state index is 0.400. The summed E-state index contributed by atoms with van der Waals surface area (Å²) in [6.45, 7) is 7.48. The van der Waals surface area contributed by atoms with Crippen LogP contribution in [0.25, 0.3) is 0 Å². The van der Waals surface area contributed by atoms with Crippen molar-refractivity contribution < 1.29 is 0 Å². The van der Waals surface area contributed by atoms with E-state index in [1.54, 1.807) is 0 Å². The van der Waals surface area contributed by atoms with Gasteiger partial charge in [0, 0.05) is 12.6 Å². The standard InChI is InChI=1S/C12H22N4/c1-4-6-9(2)13-11-7-5-8-16-12(11)14-10(3)15-16/h9,11,13H,4-8H2,1-3H3. The highest BCUT2D eigenvalue weighted by Gasteiger charge is 2.24. The molecule has 0 fully saturated rings. The van der Waals surface area contributed by atoms with E-state index in [1.807, 2.05) is 6.92 Å². The van der Waals surface area contributed by atoms with Crippen LogP contribution in [0.15, 0.2) is 0 Å². The fourth-order valence-electron chi connectivity index (χ4n) is 2.49. The second kappa shape index (κ2) is 4.95. The highest BCUT2D eigenvalue weighted by Crippen LogP contribution is 2.23. The van der Waals surface area contributed by atoms with Gasteiger partial charge in [-0.1, -0.05) is 13.3 Å². The Morgan fingerprint density at radius 2 is 2.38 bits per heavy atom. The second-order valence-electron chi connectivity index (χ2n) is 4.79. The molecule has 1 aromatic rings. The van der Waals surface area contributed by atoms with Crippen LogP contribution >= 0.6 is 0 Å². The second-order valence-corrected chi connectivity index (χ2v) is 4.79. The predicted molar refractivity (Wildman–Crippen MR) is 64.2 cm³/mol. The Hall–Kier alpha value is -0.900. The van der Waals surface area contributed by atoms with Gasteiger partial charge in [-0.3, -0.25) is 0 Å². The quantitative estimate of drug-likeness (QED) is 0.849. The minimum absolute atomic E-state index is 0.400. The first-order valence-corrected chi connectivity index (χ1v) is 6.38. The molecule has 1 aliphatic rings. The highest BCUT2D eigenvalue weighted by molar-refractivity contribution is 5.01. The van der Waals surface area contributed by atoms with Gasteiger partial charge in [-0.05, 0) is 33.1 Å². The van der Waals surface area contributed by atoms with Crippen molar-refractivity contribution in [2.75, 3.05) is 0 Å². The molecular weight excluding hydrogens is 200 g/mol. The lowest BCUT2D eigenvalue weighted by Gasteiger charge is -2.26. The van der Waals surface area contributed by atoms with E-state index in [0.717, 1.165) is 18.2 Å². The summed E-state index contributed by atoms with van der Waals surface area (Å²) >= 11 is 0. The van der Waals surface area contributed by atoms with Gasteiger partial charge in [0.25, 0.3) is 0 Å². The molecule has 0 amide bonds. The monoisotopic (exact) mass is 222 g/mol. The molecule has 0 bridgehead atoms. The van der Waals surface area contributed by atoms with E-state index in [2.05, 4.69) is 33.9 Å². The fourth-order valence-corrected chi connectivity index (χ4v) is 2.49. The average Bonchev–Trinajstić information content (AvgIpc) is 2.60. The Morgan fingerprint density at radius 3 is 3.12 bits per heavy atom. The molecule has 2 heterocycles. The van der Waals surface area contributed by atoms with E-state index in [0.29, 0.717) is 12.1 Å². The number of fused-ring (bicyclic) bond motifs is 1. The maximum Gasteiger partial charge on any atom is 0.147 e. The van der Waals surface area contributed by atoms with E-state index in [9.17, 15) is 0 Å². The van der Waals surface area contributed by atoms with E-state index < -0.39 is 0 Å². The summed E-state index contributed by atoms with van der Waals surface area (Å²) in [4.78, 5) is 4.54. The van der Waals surface area contributed by atoms with E-state index >= 15 is 0 Å². The summed E-state index contributed by atoms with van der Waals surface area (Å²) in [6.07, 6.45) is 4.84. The summed E-state index contributed by atoms with van der Waals surface area (Å²) in [5.74, 6) is 2.03. The minimum Gasteiger partial charge on any atom is -0.305 e. The van der Waals surface area contributed by atoms with Gasteiger partial charge in [0.15, 0.2) is 0 Å². The zero-order valence-electron chi connectivity index (χ0n) is 10.5. The van der Waals surface area contributed by atoms with Crippen LogP contribution in [0.2, 0.25) is 0 Å². The van der Waals surface area contributed by atoms with E-state index in [1.165, 1.54) is 25.7 Å². The Morgan fingerprint density at radius 1 is 1.56 bits per heavy atom. The third-order valence-corrected chi connectivity index (χ3v) is 3.19. The molecule has 0 saturated carbocycles. The molecule has 1 aromatic heterocycles. The van der Waals surface area contributed by atoms with Crippen molar-refractivity contribution in [3.8, 4) is 0 Å². The molecule has 0 saturated heterocycles. The Labute approximate surface area is 97.5 Å². The van der Waals surface area contributed by atoms with Crippen LogP contribution in [0.1, 0.15) is 57.2 Å². The van der Waals surface area contributed by atoms with Crippen molar-refractivity contribution in [2.45, 2.75) is 65.1 Å². The van der Waals surface area contributed by atoms with Crippen molar-refractivity contribution in [3.63, 3.8) is 0 Å². The van der Waals surface area contributed by atoms with E-state index in [-0.39, 0.29) is 0 Å². The molecule has 0 radical (unpaired) electrons. The molecule has 1 aliphatic heterocycles. The molecule has 1 N–H and O–H groups in total. The predicted octanol–water partition coefficient (Wildman–Crippen LogP) is 2.20. The third kappa shape index (κ3) is 2.43. The van der Waals surface area contributed by atoms with Crippen LogP contribution in [0.5, 0.6) is 0 Å². The average molecular weight is 222 g/mol. The summed E-state index contributed by atoms with van der Waals surface area (Å²) in [5.41, 5.74) is 0. The van der Waals surface area contributed by atoms with Crippen molar-refractivity contribution >= 4 is 0 Å². The molecule has 90 valence electrons. The number of hydrogen-bond donors (Lipinski definition) is 1. The topological polar surface area (TPSA) is 42.7 Å². The molecule has 2 unspecified atom stereocenters. The normalized spacial score (nSPS) is 21.8. The smallest absolute Gasteiger partial charge is 0.147 e. The van der Waals surface area contributed by atoms with Crippen LogP contribution in [-0.2, 0) is 6.54 Å². The number of hydrogen-bond acceptors (Lipinski definition) is 3. The van der Waals surface area contributed by atoms with Crippen LogP contribution in [0.4, 0.5) is 0 Å². The van der Waals surface area contributed by atoms with Crippen molar-refractivity contribution in [1.29, 1.82) is 0 Å². The van der Waals surface area contributed by atoms with Crippen molar-refractivity contribution in [2.24, 2.45) is 0 Å². The van der Waals surface area contributed by atoms with Gasteiger partial charge in [-0.15, -0.1) is 0 Å². The van der Waals surface area contributed by atoms with Crippen LogP contribution < -0.4 is 5.32 Å². The summed E-state index contributed by atoms with van der Waals surface area (Å²) < 4.78 is 2.06. The Kier molecular flexibility index (Phi) is 3.59. The van der Waals surface area contributed by atoms with Gasteiger partial charge >= 0.3 is 0 Å². The van der Waals surface area contributed by atoms with Gasteiger partial charge in [0.05, 0.1) is 6.04 Å². The number of aromatic nitrogens is 3. The molecule has 4 nitrogen and oxygen atoms in total. The number of rotatable bonds is 4. The van der Waals surface area contributed by atoms with Gasteiger partial charge < -0.3 is 5.32 Å². The highest BCUT2D eigenvalue weighted by atomic mass is 15.4.